The van der Waals surface area contributed by atoms with Crippen LogP contribution in [0.1, 0.15) is 43.4 Å². The SMILES string of the molecule is Cc1ccc(COc2ccn(-c3ccc4c5c(oc4c3)CCN(C(=O)OC(C)(C)C)C5)c(=O)c2)cn1. The van der Waals surface area contributed by atoms with Crippen LogP contribution >= 0.6 is 0 Å². The van der Waals surface area contributed by atoms with Crippen LogP contribution in [0.4, 0.5) is 4.79 Å². The van der Waals surface area contributed by atoms with Gasteiger partial charge < -0.3 is 18.8 Å². The molecule has 0 bridgehead atoms. The quantitative estimate of drug-likeness (QED) is 0.395. The molecule has 0 radical (unpaired) electrons. The Bertz CT molecular complexity index is 1480. The van der Waals surface area contributed by atoms with Crippen molar-refractivity contribution < 1.29 is 18.7 Å². The van der Waals surface area contributed by atoms with Gasteiger partial charge in [0.05, 0.1) is 12.2 Å². The summed E-state index contributed by atoms with van der Waals surface area (Å²) in [5, 5.41) is 0.932. The van der Waals surface area contributed by atoms with E-state index in [1.165, 1.54) is 6.07 Å². The number of aromatic nitrogens is 2. The molecule has 0 unspecified atom stereocenters. The molecule has 0 saturated heterocycles. The molecule has 1 amide bonds. The minimum absolute atomic E-state index is 0.207. The van der Waals surface area contributed by atoms with Crippen LogP contribution in [0.5, 0.6) is 5.75 Å². The highest BCUT2D eigenvalue weighted by atomic mass is 16.6. The highest BCUT2D eigenvalue weighted by Crippen LogP contribution is 2.32. The Morgan fingerprint density at radius 2 is 1.97 bits per heavy atom. The Labute approximate surface area is 209 Å². The van der Waals surface area contributed by atoms with E-state index in [0.29, 0.717) is 43.1 Å². The minimum Gasteiger partial charge on any atom is -0.489 e. The van der Waals surface area contributed by atoms with Crippen molar-refractivity contribution in [2.75, 3.05) is 6.54 Å². The molecule has 1 aliphatic rings. The summed E-state index contributed by atoms with van der Waals surface area (Å²) in [6.07, 6.45) is 3.74. The molecule has 5 rings (SSSR count). The van der Waals surface area contributed by atoms with Crippen LogP contribution in [0, 0.1) is 6.92 Å². The summed E-state index contributed by atoms with van der Waals surface area (Å²) in [7, 11) is 0. The first-order chi connectivity index (χ1) is 17.2. The molecular formula is C28H29N3O5. The molecule has 4 heterocycles. The zero-order valence-corrected chi connectivity index (χ0v) is 20.9. The lowest BCUT2D eigenvalue weighted by atomic mass is 10.0. The molecule has 1 aliphatic heterocycles. The van der Waals surface area contributed by atoms with Crippen LogP contribution in [-0.2, 0) is 24.3 Å². The molecule has 3 aromatic heterocycles. The van der Waals surface area contributed by atoms with Crippen LogP contribution in [0.15, 0.2) is 64.1 Å². The molecule has 0 atom stereocenters. The lowest BCUT2D eigenvalue weighted by molar-refractivity contribution is 0.0220. The minimum atomic E-state index is -0.545. The lowest BCUT2D eigenvalue weighted by Gasteiger charge is -2.29. The van der Waals surface area contributed by atoms with Gasteiger partial charge in [0.2, 0.25) is 0 Å². The number of benzene rings is 1. The first-order valence-corrected chi connectivity index (χ1v) is 12.0. The summed E-state index contributed by atoms with van der Waals surface area (Å²) in [6, 6.07) is 12.8. The van der Waals surface area contributed by atoms with Gasteiger partial charge in [0.1, 0.15) is 29.3 Å². The summed E-state index contributed by atoms with van der Waals surface area (Å²) in [5.41, 5.74) is 3.48. The van der Waals surface area contributed by atoms with E-state index < -0.39 is 5.60 Å². The Balaban J connectivity index is 1.34. The van der Waals surface area contributed by atoms with E-state index in [0.717, 1.165) is 28.0 Å². The number of pyridine rings is 2. The smallest absolute Gasteiger partial charge is 0.410 e. The van der Waals surface area contributed by atoms with E-state index in [1.807, 2.05) is 58.0 Å². The molecule has 8 heteroatoms. The molecule has 4 aromatic rings. The van der Waals surface area contributed by atoms with Gasteiger partial charge in [-0.25, -0.2) is 4.79 Å². The summed E-state index contributed by atoms with van der Waals surface area (Å²) in [5.74, 6) is 1.36. The fraction of sp³-hybridized carbons (Fsp3) is 0.321. The Morgan fingerprint density at radius 1 is 1.14 bits per heavy atom. The number of hydrogen-bond donors (Lipinski definition) is 0. The number of carbonyl (C=O) groups excluding carboxylic acids is 1. The van der Waals surface area contributed by atoms with E-state index in [4.69, 9.17) is 13.9 Å². The predicted octanol–water partition coefficient (Wildman–Crippen LogP) is 5.16. The van der Waals surface area contributed by atoms with Gasteiger partial charge in [-0.3, -0.25) is 14.3 Å². The molecule has 1 aromatic carbocycles. The summed E-state index contributed by atoms with van der Waals surface area (Å²) < 4.78 is 19.0. The van der Waals surface area contributed by atoms with E-state index >= 15 is 0 Å². The van der Waals surface area contributed by atoms with Gasteiger partial charge in [-0.1, -0.05) is 6.07 Å². The topological polar surface area (TPSA) is 86.8 Å². The number of aryl methyl sites for hydroxylation is 1. The van der Waals surface area contributed by atoms with Crippen molar-refractivity contribution in [2.45, 2.75) is 52.9 Å². The second-order valence-electron chi connectivity index (χ2n) is 10.0. The monoisotopic (exact) mass is 487 g/mol. The third kappa shape index (κ3) is 4.98. The highest BCUT2D eigenvalue weighted by Gasteiger charge is 2.29. The fourth-order valence-electron chi connectivity index (χ4n) is 4.22. The first-order valence-electron chi connectivity index (χ1n) is 12.0. The highest BCUT2D eigenvalue weighted by molar-refractivity contribution is 5.85. The number of amides is 1. The molecule has 0 N–H and O–H groups in total. The molecule has 0 fully saturated rings. The van der Waals surface area contributed by atoms with Crippen molar-refractivity contribution in [1.29, 1.82) is 0 Å². The van der Waals surface area contributed by atoms with Crippen molar-refractivity contribution in [3.8, 4) is 11.4 Å². The standard InChI is InChI=1S/C28H29N3O5/c1-18-5-6-19(15-29-18)17-34-21-9-12-31(26(32)14-21)20-7-8-22-23-16-30(27(33)36-28(2,3)4)11-10-24(23)35-25(22)13-20/h5-9,12-15H,10-11,16-17H2,1-4H3. The average Bonchev–Trinajstić information content (AvgIpc) is 3.19. The number of hydrogen-bond acceptors (Lipinski definition) is 6. The van der Waals surface area contributed by atoms with Gasteiger partial charge in [-0.05, 0) is 52.0 Å². The Hall–Kier alpha value is -4.07. The number of rotatable bonds is 4. The van der Waals surface area contributed by atoms with E-state index in [9.17, 15) is 9.59 Å². The third-order valence-electron chi connectivity index (χ3n) is 6.02. The lowest BCUT2D eigenvalue weighted by Crippen LogP contribution is -2.39. The maximum absolute atomic E-state index is 12.8. The Morgan fingerprint density at radius 3 is 2.69 bits per heavy atom. The molecule has 186 valence electrons. The van der Waals surface area contributed by atoms with Crippen LogP contribution in [0.25, 0.3) is 16.7 Å². The molecule has 0 saturated carbocycles. The predicted molar refractivity (Wildman–Crippen MR) is 135 cm³/mol. The maximum Gasteiger partial charge on any atom is 0.410 e. The van der Waals surface area contributed by atoms with Crippen LogP contribution in [0.2, 0.25) is 0 Å². The molecule has 0 spiro atoms. The van der Waals surface area contributed by atoms with E-state index in [-0.39, 0.29) is 11.7 Å². The van der Waals surface area contributed by atoms with Gasteiger partial charge in [0, 0.05) is 59.7 Å². The van der Waals surface area contributed by atoms with E-state index in [2.05, 4.69) is 4.98 Å². The fourth-order valence-corrected chi connectivity index (χ4v) is 4.22. The van der Waals surface area contributed by atoms with Gasteiger partial charge in [-0.15, -0.1) is 0 Å². The molecule has 0 aliphatic carbocycles. The summed E-state index contributed by atoms with van der Waals surface area (Å²) in [6.45, 7) is 8.80. The molecule has 36 heavy (non-hydrogen) atoms. The second kappa shape index (κ2) is 9.18. The number of ether oxygens (including phenoxy) is 2. The van der Waals surface area contributed by atoms with Crippen LogP contribution < -0.4 is 10.3 Å². The third-order valence-corrected chi connectivity index (χ3v) is 6.02. The average molecular weight is 488 g/mol. The van der Waals surface area contributed by atoms with Crippen molar-refractivity contribution >= 4 is 17.1 Å². The number of fused-ring (bicyclic) bond motifs is 3. The summed E-state index contributed by atoms with van der Waals surface area (Å²) >= 11 is 0. The molecular weight excluding hydrogens is 458 g/mol. The van der Waals surface area contributed by atoms with Crippen LogP contribution in [-0.4, -0.2) is 32.7 Å². The zero-order valence-electron chi connectivity index (χ0n) is 20.9. The van der Waals surface area contributed by atoms with Crippen molar-refractivity contribution in [2.24, 2.45) is 0 Å². The second-order valence-corrected chi connectivity index (χ2v) is 10.0. The van der Waals surface area contributed by atoms with Crippen molar-refractivity contribution in [3.05, 3.63) is 87.8 Å². The number of carbonyl (C=O) groups is 1. The zero-order chi connectivity index (χ0) is 25.4. The van der Waals surface area contributed by atoms with Gasteiger partial charge in [-0.2, -0.15) is 0 Å². The molecule has 8 nitrogen and oxygen atoms in total. The Kier molecular flexibility index (Phi) is 6.04. The van der Waals surface area contributed by atoms with Gasteiger partial charge >= 0.3 is 6.09 Å². The van der Waals surface area contributed by atoms with Crippen LogP contribution in [0.3, 0.4) is 0 Å². The number of furan rings is 1. The first kappa shape index (κ1) is 23.7. The normalized spacial score (nSPS) is 13.5. The largest absolute Gasteiger partial charge is 0.489 e. The van der Waals surface area contributed by atoms with E-state index in [1.54, 1.807) is 27.9 Å². The maximum atomic E-state index is 12.8. The van der Waals surface area contributed by atoms with Gasteiger partial charge in [0.15, 0.2) is 0 Å². The summed E-state index contributed by atoms with van der Waals surface area (Å²) in [4.78, 5) is 31.3. The number of nitrogens with zero attached hydrogens (tertiary/aromatic N) is 3. The van der Waals surface area contributed by atoms with Crippen molar-refractivity contribution in [1.82, 2.24) is 14.5 Å². The van der Waals surface area contributed by atoms with Gasteiger partial charge in [0.25, 0.3) is 5.56 Å². The van der Waals surface area contributed by atoms with Crippen molar-refractivity contribution in [3.63, 3.8) is 0 Å².